The minimum Gasteiger partial charge on any atom is -0.309 e. The van der Waals surface area contributed by atoms with Crippen LogP contribution in [0.5, 0.6) is 0 Å². The Balaban J connectivity index is 1.13. The van der Waals surface area contributed by atoms with Gasteiger partial charge in [-0.25, -0.2) is 0 Å². The zero-order valence-corrected chi connectivity index (χ0v) is 29.7. The van der Waals surface area contributed by atoms with Crippen molar-refractivity contribution in [1.29, 1.82) is 0 Å². The predicted molar refractivity (Wildman–Crippen MR) is 224 cm³/mol. The average Bonchev–Trinajstić information content (AvgIpc) is 3.82. The number of fused-ring (bicyclic) bond motifs is 10. The number of rotatable bonds is 4. The lowest BCUT2D eigenvalue weighted by Gasteiger charge is -2.21. The number of nitrogens with zero attached hydrogens (tertiary/aromatic N) is 2. The molecule has 10 aromatic rings. The molecule has 2 aromatic heterocycles. The van der Waals surface area contributed by atoms with Gasteiger partial charge in [-0.15, -0.1) is 0 Å². The van der Waals surface area contributed by atoms with Crippen molar-refractivity contribution >= 4 is 43.6 Å². The van der Waals surface area contributed by atoms with Gasteiger partial charge in [-0.3, -0.25) is 0 Å². The molecule has 250 valence electrons. The highest BCUT2D eigenvalue weighted by molar-refractivity contribution is 6.29. The minimum absolute atomic E-state index is 0.0678. The van der Waals surface area contributed by atoms with E-state index in [9.17, 15) is 0 Å². The molecule has 2 heteroatoms. The SMILES string of the molecule is CC1(C)c2ccccc2-c2c(-n3c4ccccc4c4c5c6ccccc6n(-c6ccc(-c7cccc(-c8ccccc8)c7)cc6)c5ccc43)cccc21. The first kappa shape index (κ1) is 30.0. The van der Waals surface area contributed by atoms with Crippen molar-refractivity contribution in [3.05, 3.63) is 193 Å². The van der Waals surface area contributed by atoms with Gasteiger partial charge >= 0.3 is 0 Å². The second-order valence-corrected chi connectivity index (χ2v) is 14.9. The van der Waals surface area contributed by atoms with Crippen LogP contribution in [-0.2, 0) is 5.41 Å². The zero-order chi connectivity index (χ0) is 35.3. The molecule has 0 N–H and O–H groups in total. The molecule has 0 atom stereocenters. The van der Waals surface area contributed by atoms with Gasteiger partial charge in [-0.05, 0) is 87.5 Å². The summed E-state index contributed by atoms with van der Waals surface area (Å²) in [6.07, 6.45) is 0. The molecule has 2 nitrogen and oxygen atoms in total. The summed E-state index contributed by atoms with van der Waals surface area (Å²) in [5.74, 6) is 0. The largest absolute Gasteiger partial charge is 0.309 e. The van der Waals surface area contributed by atoms with Crippen LogP contribution in [0.2, 0.25) is 0 Å². The van der Waals surface area contributed by atoms with E-state index in [0.29, 0.717) is 0 Å². The number of hydrogen-bond acceptors (Lipinski definition) is 0. The highest BCUT2D eigenvalue weighted by atomic mass is 15.0. The molecule has 0 saturated heterocycles. The maximum atomic E-state index is 2.52. The molecule has 8 aromatic carbocycles. The maximum Gasteiger partial charge on any atom is 0.0549 e. The van der Waals surface area contributed by atoms with Crippen LogP contribution in [0.3, 0.4) is 0 Å². The molecule has 53 heavy (non-hydrogen) atoms. The highest BCUT2D eigenvalue weighted by Crippen LogP contribution is 2.52. The predicted octanol–water partition coefficient (Wildman–Crippen LogP) is 13.5. The van der Waals surface area contributed by atoms with Gasteiger partial charge in [0, 0.05) is 38.2 Å². The molecule has 0 aliphatic heterocycles. The first-order chi connectivity index (χ1) is 26.1. The van der Waals surface area contributed by atoms with Crippen molar-refractivity contribution in [3.63, 3.8) is 0 Å². The molecule has 2 heterocycles. The Morgan fingerprint density at radius 3 is 1.62 bits per heavy atom. The lowest BCUT2D eigenvalue weighted by atomic mass is 9.82. The standard InChI is InChI=1S/C51H36N2/c1-51(2)41-21-9-6-18-38(41)48-42(51)22-13-25-45(48)53-44-24-11-8-20-40(44)50-47(53)31-30-46-49(50)39-19-7-10-23-43(39)52(46)37-28-26-34(27-29-37)36-17-12-16-35(32-36)33-14-4-3-5-15-33/h3-32H,1-2H3. The van der Waals surface area contributed by atoms with Crippen LogP contribution in [-0.4, -0.2) is 9.13 Å². The third kappa shape index (κ3) is 4.27. The van der Waals surface area contributed by atoms with Gasteiger partial charge in [0.1, 0.15) is 0 Å². The fourth-order valence-corrected chi connectivity index (χ4v) is 9.29. The van der Waals surface area contributed by atoms with Crippen molar-refractivity contribution in [2.75, 3.05) is 0 Å². The van der Waals surface area contributed by atoms with E-state index in [4.69, 9.17) is 0 Å². The molecule has 0 unspecified atom stereocenters. The van der Waals surface area contributed by atoms with Crippen molar-refractivity contribution in [2.45, 2.75) is 19.3 Å². The molecule has 0 bridgehead atoms. The Bertz CT molecular complexity index is 3060. The van der Waals surface area contributed by atoms with Crippen LogP contribution in [0.15, 0.2) is 182 Å². The van der Waals surface area contributed by atoms with E-state index < -0.39 is 0 Å². The smallest absolute Gasteiger partial charge is 0.0549 e. The number of aromatic nitrogens is 2. The molecule has 1 aliphatic carbocycles. The van der Waals surface area contributed by atoms with Crippen LogP contribution in [0.4, 0.5) is 0 Å². The van der Waals surface area contributed by atoms with E-state index in [2.05, 4.69) is 205 Å². The lowest BCUT2D eigenvalue weighted by molar-refractivity contribution is 0.660. The summed E-state index contributed by atoms with van der Waals surface area (Å²) in [4.78, 5) is 0. The van der Waals surface area contributed by atoms with Gasteiger partial charge in [0.15, 0.2) is 0 Å². The highest BCUT2D eigenvalue weighted by Gasteiger charge is 2.37. The Labute approximate surface area is 308 Å². The van der Waals surface area contributed by atoms with E-state index in [0.717, 1.165) is 5.69 Å². The Kier molecular flexibility index (Phi) is 6.33. The average molecular weight is 677 g/mol. The Morgan fingerprint density at radius 2 is 0.906 bits per heavy atom. The molecular weight excluding hydrogens is 641 g/mol. The number of benzene rings is 8. The van der Waals surface area contributed by atoms with E-state index in [1.54, 1.807) is 0 Å². The molecule has 0 saturated carbocycles. The monoisotopic (exact) mass is 676 g/mol. The topological polar surface area (TPSA) is 9.86 Å². The maximum absolute atomic E-state index is 2.52. The summed E-state index contributed by atoms with van der Waals surface area (Å²) in [7, 11) is 0. The molecular formula is C51H36N2. The molecule has 11 rings (SSSR count). The Hall–Kier alpha value is -6.64. The minimum atomic E-state index is -0.0678. The summed E-state index contributed by atoms with van der Waals surface area (Å²) >= 11 is 0. The van der Waals surface area contributed by atoms with Gasteiger partial charge in [0.25, 0.3) is 0 Å². The van der Waals surface area contributed by atoms with Gasteiger partial charge in [0.2, 0.25) is 0 Å². The van der Waals surface area contributed by atoms with E-state index >= 15 is 0 Å². The third-order valence-electron chi connectivity index (χ3n) is 11.7. The van der Waals surface area contributed by atoms with Crippen molar-refractivity contribution in [2.24, 2.45) is 0 Å². The summed E-state index contributed by atoms with van der Waals surface area (Å²) < 4.78 is 4.96. The summed E-state index contributed by atoms with van der Waals surface area (Å²) in [6.45, 7) is 4.72. The van der Waals surface area contributed by atoms with Gasteiger partial charge in [-0.2, -0.15) is 0 Å². The van der Waals surface area contributed by atoms with Crippen LogP contribution in [0.25, 0.3) is 88.4 Å². The normalized spacial score (nSPS) is 13.2. The van der Waals surface area contributed by atoms with Crippen LogP contribution < -0.4 is 0 Å². The number of hydrogen-bond donors (Lipinski definition) is 0. The van der Waals surface area contributed by atoms with Crippen molar-refractivity contribution in [1.82, 2.24) is 9.13 Å². The molecule has 1 aliphatic rings. The molecule has 0 radical (unpaired) electrons. The van der Waals surface area contributed by atoms with Crippen LogP contribution >= 0.6 is 0 Å². The fourth-order valence-electron chi connectivity index (χ4n) is 9.29. The Morgan fingerprint density at radius 1 is 0.377 bits per heavy atom. The molecule has 0 spiro atoms. The first-order valence-corrected chi connectivity index (χ1v) is 18.5. The van der Waals surface area contributed by atoms with Crippen LogP contribution in [0.1, 0.15) is 25.0 Å². The van der Waals surface area contributed by atoms with Crippen molar-refractivity contribution < 1.29 is 0 Å². The van der Waals surface area contributed by atoms with E-state index in [1.807, 2.05) is 0 Å². The zero-order valence-electron chi connectivity index (χ0n) is 29.7. The van der Waals surface area contributed by atoms with E-state index in [1.165, 1.54) is 93.8 Å². The van der Waals surface area contributed by atoms with Gasteiger partial charge in [-0.1, -0.05) is 147 Å². The van der Waals surface area contributed by atoms with Crippen LogP contribution in [0, 0.1) is 0 Å². The second-order valence-electron chi connectivity index (χ2n) is 14.9. The summed E-state index contributed by atoms with van der Waals surface area (Å²) in [5, 5.41) is 5.12. The van der Waals surface area contributed by atoms with Crippen molar-refractivity contribution in [3.8, 4) is 44.8 Å². The quantitative estimate of drug-likeness (QED) is 0.176. The second kappa shape index (κ2) is 11.2. The molecule has 0 amide bonds. The van der Waals surface area contributed by atoms with Gasteiger partial charge < -0.3 is 9.13 Å². The summed E-state index contributed by atoms with van der Waals surface area (Å²) in [6, 6.07) is 66.9. The van der Waals surface area contributed by atoms with E-state index in [-0.39, 0.29) is 5.41 Å². The fraction of sp³-hybridized carbons (Fsp3) is 0.0588. The number of para-hydroxylation sites is 2. The first-order valence-electron chi connectivity index (χ1n) is 18.5. The van der Waals surface area contributed by atoms with Gasteiger partial charge in [0.05, 0.1) is 27.8 Å². The lowest BCUT2D eigenvalue weighted by Crippen LogP contribution is -2.14. The molecule has 0 fully saturated rings. The third-order valence-corrected chi connectivity index (χ3v) is 11.7. The summed E-state index contributed by atoms with van der Waals surface area (Å²) in [5.41, 5.74) is 17.5.